The number of hydrogen-bond donors (Lipinski definition) is 1. The Morgan fingerprint density at radius 3 is 2.62 bits per heavy atom. The minimum absolute atomic E-state index is 0.0150. The fourth-order valence-electron chi connectivity index (χ4n) is 4.40. The van der Waals surface area contributed by atoms with E-state index in [1.165, 1.54) is 11.3 Å². The van der Waals surface area contributed by atoms with E-state index in [4.69, 9.17) is 0 Å². The number of thiazole rings is 1. The van der Waals surface area contributed by atoms with E-state index < -0.39 is 12.1 Å². The van der Waals surface area contributed by atoms with Gasteiger partial charge >= 0.3 is 6.03 Å². The van der Waals surface area contributed by atoms with Crippen LogP contribution in [0.25, 0.3) is 0 Å². The molecule has 2 aromatic rings. The van der Waals surface area contributed by atoms with Crippen molar-refractivity contribution in [2.45, 2.75) is 65.0 Å². The van der Waals surface area contributed by atoms with Crippen LogP contribution in [0.2, 0.25) is 0 Å². The monoisotopic (exact) mass is 453 g/mol. The van der Waals surface area contributed by atoms with Gasteiger partial charge in [0.05, 0.1) is 18.7 Å². The van der Waals surface area contributed by atoms with Crippen LogP contribution in [-0.2, 0) is 29.0 Å². The Hall–Kier alpha value is -2.87. The van der Waals surface area contributed by atoms with E-state index in [1.54, 1.807) is 12.3 Å². The van der Waals surface area contributed by atoms with Crippen molar-refractivity contribution in [3.63, 3.8) is 0 Å². The second kappa shape index (κ2) is 9.32. The number of benzene rings is 1. The zero-order valence-corrected chi connectivity index (χ0v) is 19.2. The zero-order valence-electron chi connectivity index (χ0n) is 18.3. The molecule has 0 radical (unpaired) electrons. The summed E-state index contributed by atoms with van der Waals surface area (Å²) in [7, 11) is 0. The molecule has 0 spiro atoms. The molecule has 3 amide bonds. The number of aryl methyl sites for hydroxylation is 1. The number of ketones is 2. The average molecular weight is 454 g/mol. The van der Waals surface area contributed by atoms with E-state index in [1.807, 2.05) is 25.1 Å². The third kappa shape index (κ3) is 4.80. The number of nitrogens with one attached hydrogen (secondary N) is 1. The lowest BCUT2D eigenvalue weighted by Crippen LogP contribution is -2.30. The van der Waals surface area contributed by atoms with Gasteiger partial charge in [-0.15, -0.1) is 11.3 Å². The fraction of sp³-hybridized carbons (Fsp3) is 0.458. The Bertz CT molecular complexity index is 1070. The van der Waals surface area contributed by atoms with Crippen LogP contribution in [0.3, 0.4) is 0 Å². The standard InChI is InChI=1S/C24H27N3O4S/c1-14-7-8-17(20(9-14)22(29)16-5-3-4-6-16)10-19(28)11-21-26-18(13-32-21)12-27-23(30)15(2)25-24(27)31/h7-9,13,15-16H,3-6,10-12H2,1-2H3,(H,25,31)/t15-/m0/s1. The first kappa shape index (κ1) is 22.3. The maximum Gasteiger partial charge on any atom is 0.325 e. The normalized spacial score (nSPS) is 18.9. The highest BCUT2D eigenvalue weighted by atomic mass is 32.1. The van der Waals surface area contributed by atoms with Crippen molar-refractivity contribution < 1.29 is 19.2 Å². The number of aromatic nitrogens is 1. The van der Waals surface area contributed by atoms with Gasteiger partial charge in [0.1, 0.15) is 16.8 Å². The van der Waals surface area contributed by atoms with Gasteiger partial charge in [-0.1, -0.05) is 30.5 Å². The molecule has 168 valence electrons. The maximum absolute atomic E-state index is 13.0. The van der Waals surface area contributed by atoms with Gasteiger partial charge in [-0.3, -0.25) is 19.3 Å². The summed E-state index contributed by atoms with van der Waals surface area (Å²) in [6.07, 6.45) is 4.38. The molecule has 1 aromatic carbocycles. The Morgan fingerprint density at radius 2 is 1.94 bits per heavy atom. The molecule has 0 bridgehead atoms. The SMILES string of the molecule is Cc1ccc(CC(=O)Cc2nc(CN3C(=O)N[C@@H](C)C3=O)cs2)c(C(=O)C2CCCC2)c1. The van der Waals surface area contributed by atoms with Crippen LogP contribution in [0.15, 0.2) is 23.6 Å². The summed E-state index contributed by atoms with van der Waals surface area (Å²) in [5.74, 6) is -0.0630. The third-order valence-electron chi connectivity index (χ3n) is 6.13. The second-order valence-electron chi connectivity index (χ2n) is 8.73. The number of amides is 3. The van der Waals surface area contributed by atoms with Crippen LogP contribution >= 0.6 is 11.3 Å². The zero-order chi connectivity index (χ0) is 22.8. The summed E-state index contributed by atoms with van der Waals surface area (Å²) < 4.78 is 0. The molecule has 2 aliphatic rings. The second-order valence-corrected chi connectivity index (χ2v) is 9.67. The summed E-state index contributed by atoms with van der Waals surface area (Å²) >= 11 is 1.34. The first-order valence-corrected chi connectivity index (χ1v) is 11.9. The molecule has 7 nitrogen and oxygen atoms in total. The van der Waals surface area contributed by atoms with Gasteiger partial charge in [-0.25, -0.2) is 9.78 Å². The predicted molar refractivity (Wildman–Crippen MR) is 121 cm³/mol. The maximum atomic E-state index is 13.0. The number of hydrogen-bond acceptors (Lipinski definition) is 6. The van der Waals surface area contributed by atoms with Crippen LogP contribution < -0.4 is 5.32 Å². The van der Waals surface area contributed by atoms with Crippen LogP contribution in [0, 0.1) is 12.8 Å². The molecular weight excluding hydrogens is 426 g/mol. The number of carbonyl (C=O) groups excluding carboxylic acids is 4. The Morgan fingerprint density at radius 1 is 1.19 bits per heavy atom. The smallest absolute Gasteiger partial charge is 0.325 e. The number of carbonyl (C=O) groups is 4. The van der Waals surface area contributed by atoms with E-state index in [2.05, 4.69) is 10.3 Å². The van der Waals surface area contributed by atoms with Gasteiger partial charge in [0.25, 0.3) is 5.91 Å². The predicted octanol–water partition coefficient (Wildman–Crippen LogP) is 3.62. The van der Waals surface area contributed by atoms with Crippen molar-refractivity contribution in [1.29, 1.82) is 0 Å². The average Bonchev–Trinajstić information content (AvgIpc) is 3.48. The van der Waals surface area contributed by atoms with E-state index in [9.17, 15) is 19.2 Å². The number of rotatable bonds is 8. The third-order valence-corrected chi connectivity index (χ3v) is 7.03. The Balaban J connectivity index is 1.41. The molecule has 8 heteroatoms. The fourth-order valence-corrected chi connectivity index (χ4v) is 5.21. The molecule has 4 rings (SSSR count). The van der Waals surface area contributed by atoms with Gasteiger partial charge in [0.15, 0.2) is 5.78 Å². The molecule has 1 aliphatic carbocycles. The molecule has 1 N–H and O–H groups in total. The van der Waals surface area contributed by atoms with Crippen molar-refractivity contribution in [3.05, 3.63) is 51.0 Å². The molecule has 2 fully saturated rings. The minimum Gasteiger partial charge on any atom is -0.326 e. The molecule has 32 heavy (non-hydrogen) atoms. The van der Waals surface area contributed by atoms with Crippen molar-refractivity contribution in [3.8, 4) is 0 Å². The topological polar surface area (TPSA) is 96.4 Å². The lowest BCUT2D eigenvalue weighted by Gasteiger charge is -2.13. The molecule has 2 heterocycles. The summed E-state index contributed by atoms with van der Waals surface area (Å²) in [6.45, 7) is 3.69. The van der Waals surface area contributed by atoms with Crippen LogP contribution in [0.1, 0.15) is 64.8 Å². The van der Waals surface area contributed by atoms with Crippen LogP contribution in [-0.4, -0.2) is 39.4 Å². The first-order chi connectivity index (χ1) is 15.3. The molecule has 1 aromatic heterocycles. The molecule has 1 atom stereocenters. The van der Waals surface area contributed by atoms with E-state index in [0.717, 1.165) is 41.7 Å². The molecule has 1 saturated carbocycles. The number of urea groups is 1. The Kier molecular flexibility index (Phi) is 6.50. The molecule has 1 saturated heterocycles. The van der Waals surface area contributed by atoms with Gasteiger partial charge in [-0.2, -0.15) is 0 Å². The largest absolute Gasteiger partial charge is 0.326 e. The highest BCUT2D eigenvalue weighted by molar-refractivity contribution is 7.09. The highest BCUT2D eigenvalue weighted by Crippen LogP contribution is 2.30. The van der Waals surface area contributed by atoms with Crippen molar-refractivity contribution in [2.24, 2.45) is 5.92 Å². The summed E-state index contributed by atoms with van der Waals surface area (Å²) in [4.78, 5) is 55.3. The lowest BCUT2D eigenvalue weighted by molar-refractivity contribution is -0.127. The quantitative estimate of drug-likeness (QED) is 0.486. The number of nitrogens with zero attached hydrogens (tertiary/aromatic N) is 2. The van der Waals surface area contributed by atoms with Crippen molar-refractivity contribution >= 4 is 34.8 Å². The number of Topliss-reactive ketones (excluding diaryl/α,β-unsaturated/α-hetero) is 2. The first-order valence-electron chi connectivity index (χ1n) is 11.0. The lowest BCUT2D eigenvalue weighted by atomic mass is 9.90. The van der Waals surface area contributed by atoms with E-state index >= 15 is 0 Å². The summed E-state index contributed by atoms with van der Waals surface area (Å²) in [5.41, 5.74) is 3.06. The Labute approximate surface area is 191 Å². The number of imide groups is 1. The summed E-state index contributed by atoms with van der Waals surface area (Å²) in [5, 5.41) is 4.98. The van der Waals surface area contributed by atoms with E-state index in [0.29, 0.717) is 16.3 Å². The summed E-state index contributed by atoms with van der Waals surface area (Å²) in [6, 6.07) is 4.78. The molecule has 0 unspecified atom stereocenters. The van der Waals surface area contributed by atoms with Crippen LogP contribution in [0.5, 0.6) is 0 Å². The highest BCUT2D eigenvalue weighted by Gasteiger charge is 2.35. The van der Waals surface area contributed by atoms with Gasteiger partial charge in [0.2, 0.25) is 0 Å². The van der Waals surface area contributed by atoms with Crippen LogP contribution in [0.4, 0.5) is 4.79 Å². The molecule has 1 aliphatic heterocycles. The van der Waals surface area contributed by atoms with E-state index in [-0.39, 0.29) is 42.8 Å². The van der Waals surface area contributed by atoms with Gasteiger partial charge in [-0.05, 0) is 38.3 Å². The van der Waals surface area contributed by atoms with Gasteiger partial charge < -0.3 is 5.32 Å². The van der Waals surface area contributed by atoms with Gasteiger partial charge in [0, 0.05) is 23.3 Å². The van der Waals surface area contributed by atoms with Crippen molar-refractivity contribution in [2.75, 3.05) is 0 Å². The minimum atomic E-state index is -0.530. The van der Waals surface area contributed by atoms with Crippen molar-refractivity contribution in [1.82, 2.24) is 15.2 Å². The molecular formula is C24H27N3O4S.